The molecule has 2 aromatic rings. The first-order valence-electron chi connectivity index (χ1n) is 7.18. The number of nitrogens with zero attached hydrogens (tertiary/aromatic N) is 3. The molecule has 1 saturated heterocycles. The second-order valence-corrected chi connectivity index (χ2v) is 7.46. The van der Waals surface area contributed by atoms with Crippen LogP contribution in [0, 0.1) is 6.92 Å². The van der Waals surface area contributed by atoms with Crippen LogP contribution in [0.5, 0.6) is 0 Å². The van der Waals surface area contributed by atoms with Crippen molar-refractivity contribution >= 4 is 22.9 Å². The van der Waals surface area contributed by atoms with Crippen molar-refractivity contribution in [3.63, 3.8) is 0 Å². The molecule has 4 nitrogen and oxygen atoms in total. The third-order valence-corrected chi connectivity index (χ3v) is 5.15. The van der Waals surface area contributed by atoms with Gasteiger partial charge in [0.15, 0.2) is 0 Å². The number of rotatable bonds is 5. The molecule has 1 fully saturated rings. The molecule has 0 unspecified atom stereocenters. The third-order valence-electron chi connectivity index (χ3n) is 3.93. The molecule has 0 bridgehead atoms. The van der Waals surface area contributed by atoms with Gasteiger partial charge in [0, 0.05) is 30.6 Å². The Kier molecular flexibility index (Phi) is 4.64. The van der Waals surface area contributed by atoms with Crippen LogP contribution in [0.25, 0.3) is 0 Å². The zero-order valence-electron chi connectivity index (χ0n) is 12.4. The molecule has 6 heteroatoms. The Morgan fingerprint density at radius 1 is 1.52 bits per heavy atom. The summed E-state index contributed by atoms with van der Waals surface area (Å²) in [6.07, 6.45) is 2.97. The van der Waals surface area contributed by atoms with Crippen molar-refractivity contribution in [2.24, 2.45) is 0 Å². The van der Waals surface area contributed by atoms with Crippen molar-refractivity contribution < 1.29 is 4.42 Å². The van der Waals surface area contributed by atoms with Gasteiger partial charge in [0.25, 0.3) is 0 Å². The van der Waals surface area contributed by atoms with Gasteiger partial charge in [-0.3, -0.25) is 9.80 Å². The van der Waals surface area contributed by atoms with Gasteiger partial charge in [0.05, 0.1) is 17.1 Å². The molecule has 0 radical (unpaired) electrons. The molecule has 0 spiro atoms. The Morgan fingerprint density at radius 3 is 3.05 bits per heavy atom. The van der Waals surface area contributed by atoms with Crippen LogP contribution in [0.15, 0.2) is 22.7 Å². The Bertz CT molecular complexity index is 597. The zero-order valence-corrected chi connectivity index (χ0v) is 14.0. The highest BCUT2D eigenvalue weighted by molar-refractivity contribution is 7.16. The average molecular weight is 326 g/mol. The van der Waals surface area contributed by atoms with E-state index in [9.17, 15) is 0 Å². The molecule has 3 rings (SSSR count). The van der Waals surface area contributed by atoms with Crippen LogP contribution in [0.2, 0.25) is 4.34 Å². The van der Waals surface area contributed by atoms with Gasteiger partial charge in [-0.1, -0.05) is 11.6 Å². The molecule has 1 atom stereocenters. The fourth-order valence-electron chi connectivity index (χ4n) is 2.79. The molecule has 1 aliphatic heterocycles. The van der Waals surface area contributed by atoms with E-state index in [2.05, 4.69) is 27.9 Å². The maximum Gasteiger partial charge on any atom is 0.208 e. The summed E-state index contributed by atoms with van der Waals surface area (Å²) < 4.78 is 6.43. The lowest BCUT2D eigenvalue weighted by Gasteiger charge is -2.23. The Morgan fingerprint density at radius 2 is 2.38 bits per heavy atom. The highest BCUT2D eigenvalue weighted by Gasteiger charge is 2.26. The van der Waals surface area contributed by atoms with Crippen molar-refractivity contribution in [3.8, 4) is 0 Å². The molecular weight excluding hydrogens is 306 g/mol. The van der Waals surface area contributed by atoms with Gasteiger partial charge >= 0.3 is 0 Å². The first-order valence-corrected chi connectivity index (χ1v) is 8.38. The molecule has 0 amide bonds. The minimum absolute atomic E-state index is 0.563. The predicted molar refractivity (Wildman–Crippen MR) is 85.7 cm³/mol. The fourth-order valence-corrected chi connectivity index (χ4v) is 3.92. The van der Waals surface area contributed by atoms with E-state index in [1.165, 1.54) is 11.3 Å². The van der Waals surface area contributed by atoms with Crippen LogP contribution < -0.4 is 0 Å². The summed E-state index contributed by atoms with van der Waals surface area (Å²) >= 11 is 7.67. The summed E-state index contributed by atoms with van der Waals surface area (Å²) in [6.45, 7) is 5.93. The number of oxazole rings is 1. The van der Waals surface area contributed by atoms with Crippen molar-refractivity contribution in [1.29, 1.82) is 0 Å². The van der Waals surface area contributed by atoms with Gasteiger partial charge in [-0.05, 0) is 32.5 Å². The minimum atomic E-state index is 0.563. The van der Waals surface area contributed by atoms with E-state index in [0.29, 0.717) is 6.04 Å². The van der Waals surface area contributed by atoms with E-state index in [1.807, 2.05) is 13.0 Å². The van der Waals surface area contributed by atoms with E-state index < -0.39 is 0 Å². The lowest BCUT2D eigenvalue weighted by atomic mass is 10.2. The van der Waals surface area contributed by atoms with E-state index in [4.69, 9.17) is 16.0 Å². The molecule has 21 heavy (non-hydrogen) atoms. The van der Waals surface area contributed by atoms with E-state index in [0.717, 1.165) is 42.2 Å². The van der Waals surface area contributed by atoms with Crippen LogP contribution in [0.1, 0.15) is 22.9 Å². The molecule has 0 aromatic carbocycles. The summed E-state index contributed by atoms with van der Waals surface area (Å²) in [6, 6.07) is 4.67. The summed E-state index contributed by atoms with van der Waals surface area (Å²) in [5, 5.41) is 0. The highest BCUT2D eigenvalue weighted by atomic mass is 35.5. The number of likely N-dealkylation sites (N-methyl/N-ethyl adjacent to an activating group) is 1. The largest absolute Gasteiger partial charge is 0.445 e. The summed E-state index contributed by atoms with van der Waals surface area (Å²) in [5.74, 6) is 1.68. The molecule has 2 aromatic heterocycles. The van der Waals surface area contributed by atoms with Crippen LogP contribution in [0.4, 0.5) is 0 Å². The molecule has 3 heterocycles. The second kappa shape index (κ2) is 6.48. The Balaban J connectivity index is 1.51. The number of aryl methyl sites for hydroxylation is 1. The number of hydrogen-bond acceptors (Lipinski definition) is 5. The summed E-state index contributed by atoms with van der Waals surface area (Å²) in [4.78, 5) is 10.5. The van der Waals surface area contributed by atoms with Gasteiger partial charge in [0.2, 0.25) is 5.89 Å². The van der Waals surface area contributed by atoms with Crippen LogP contribution in [-0.2, 0) is 13.1 Å². The van der Waals surface area contributed by atoms with Crippen molar-refractivity contribution in [3.05, 3.63) is 39.2 Å². The van der Waals surface area contributed by atoms with E-state index >= 15 is 0 Å². The van der Waals surface area contributed by atoms with Gasteiger partial charge in [-0.15, -0.1) is 11.3 Å². The first-order chi connectivity index (χ1) is 10.1. The maximum atomic E-state index is 5.99. The topological polar surface area (TPSA) is 32.5 Å². The van der Waals surface area contributed by atoms with Crippen LogP contribution in [-0.4, -0.2) is 41.0 Å². The number of hydrogen-bond donors (Lipinski definition) is 0. The third kappa shape index (κ3) is 3.86. The van der Waals surface area contributed by atoms with Crippen molar-refractivity contribution in [2.45, 2.75) is 32.5 Å². The second-order valence-electron chi connectivity index (χ2n) is 5.66. The molecule has 114 valence electrons. The normalized spacial score (nSPS) is 19.7. The van der Waals surface area contributed by atoms with Crippen LogP contribution >= 0.6 is 22.9 Å². The standard InChI is InChI=1S/C15H20ClN3OS/c1-11-7-17-15(20-11)10-18(2)12-5-6-19(8-12)9-13-3-4-14(16)21-13/h3-4,7,12H,5-6,8-10H2,1-2H3/t12-/m0/s1. The lowest BCUT2D eigenvalue weighted by molar-refractivity contribution is 0.205. The number of thiophene rings is 1. The minimum Gasteiger partial charge on any atom is -0.445 e. The predicted octanol–water partition coefficient (Wildman–Crippen LogP) is 3.40. The molecule has 0 aliphatic carbocycles. The van der Waals surface area contributed by atoms with E-state index in [-0.39, 0.29) is 0 Å². The summed E-state index contributed by atoms with van der Waals surface area (Å²) in [5.41, 5.74) is 0. The summed E-state index contributed by atoms with van der Waals surface area (Å²) in [7, 11) is 2.15. The number of aromatic nitrogens is 1. The highest BCUT2D eigenvalue weighted by Crippen LogP contribution is 2.25. The van der Waals surface area contributed by atoms with Crippen molar-refractivity contribution in [2.75, 3.05) is 20.1 Å². The number of halogens is 1. The Labute approximate surface area is 134 Å². The smallest absolute Gasteiger partial charge is 0.208 e. The quantitative estimate of drug-likeness (QED) is 0.843. The van der Waals surface area contributed by atoms with Gasteiger partial charge in [-0.25, -0.2) is 4.98 Å². The maximum absolute atomic E-state index is 5.99. The fraction of sp³-hybridized carbons (Fsp3) is 0.533. The lowest BCUT2D eigenvalue weighted by Crippen LogP contribution is -2.34. The first kappa shape index (κ1) is 15.0. The Hall–Kier alpha value is -0.880. The van der Waals surface area contributed by atoms with Crippen LogP contribution in [0.3, 0.4) is 0 Å². The molecule has 1 aliphatic rings. The number of likely N-dealkylation sites (tertiary alicyclic amines) is 1. The average Bonchev–Trinajstić information content (AvgIpc) is 3.13. The SMILES string of the molecule is Cc1cnc(CN(C)[C@H]2CCN(Cc3ccc(Cl)s3)C2)o1. The van der Waals surface area contributed by atoms with Gasteiger partial charge < -0.3 is 4.42 Å². The van der Waals surface area contributed by atoms with Crippen molar-refractivity contribution in [1.82, 2.24) is 14.8 Å². The molecular formula is C15H20ClN3OS. The van der Waals surface area contributed by atoms with Gasteiger partial charge in [-0.2, -0.15) is 0 Å². The molecule has 0 saturated carbocycles. The monoisotopic (exact) mass is 325 g/mol. The van der Waals surface area contributed by atoms with Gasteiger partial charge in [0.1, 0.15) is 5.76 Å². The van der Waals surface area contributed by atoms with E-state index in [1.54, 1.807) is 17.5 Å². The molecule has 0 N–H and O–H groups in total. The zero-order chi connectivity index (χ0) is 14.8.